The van der Waals surface area contributed by atoms with Crippen LogP contribution in [0.3, 0.4) is 0 Å². The molecule has 0 unspecified atom stereocenters. The Morgan fingerprint density at radius 2 is 2.08 bits per heavy atom. The molecule has 0 amide bonds. The SMILES string of the molecule is Cn1c(=O)nc2n(c1=O)CCCC2. The number of aryl methyl sites for hydroxylation is 1. The molecule has 1 aromatic heterocycles. The first-order valence-corrected chi connectivity index (χ1v) is 4.37. The summed E-state index contributed by atoms with van der Waals surface area (Å²) in [6.07, 6.45) is 2.75. The van der Waals surface area contributed by atoms with Crippen molar-refractivity contribution in [2.75, 3.05) is 0 Å². The average molecular weight is 181 g/mol. The van der Waals surface area contributed by atoms with Gasteiger partial charge in [0, 0.05) is 20.0 Å². The average Bonchev–Trinajstić information content (AvgIpc) is 2.15. The van der Waals surface area contributed by atoms with E-state index in [4.69, 9.17) is 0 Å². The highest BCUT2D eigenvalue weighted by atomic mass is 16.2. The van der Waals surface area contributed by atoms with Crippen LogP contribution < -0.4 is 11.4 Å². The zero-order chi connectivity index (χ0) is 9.42. The molecule has 2 rings (SSSR count). The van der Waals surface area contributed by atoms with E-state index >= 15 is 0 Å². The van der Waals surface area contributed by atoms with Crippen LogP contribution in [0.4, 0.5) is 0 Å². The topological polar surface area (TPSA) is 56.9 Å². The fourth-order valence-electron chi connectivity index (χ4n) is 1.59. The normalized spacial score (nSPS) is 15.5. The smallest absolute Gasteiger partial charge is 0.281 e. The highest BCUT2D eigenvalue weighted by Crippen LogP contribution is 2.07. The molecule has 0 bridgehead atoms. The Labute approximate surface area is 74.7 Å². The van der Waals surface area contributed by atoms with E-state index in [0.29, 0.717) is 12.4 Å². The van der Waals surface area contributed by atoms with Gasteiger partial charge in [0.1, 0.15) is 5.82 Å². The summed E-state index contributed by atoms with van der Waals surface area (Å²) in [5, 5.41) is 0. The Morgan fingerprint density at radius 3 is 2.85 bits per heavy atom. The summed E-state index contributed by atoms with van der Waals surface area (Å²) in [5.74, 6) is 0.638. The largest absolute Gasteiger partial charge is 0.353 e. The molecule has 0 atom stereocenters. The zero-order valence-electron chi connectivity index (χ0n) is 7.49. The fraction of sp³-hybridized carbons (Fsp3) is 0.625. The van der Waals surface area contributed by atoms with Crippen molar-refractivity contribution in [3.8, 4) is 0 Å². The molecular formula is C8H11N3O2. The van der Waals surface area contributed by atoms with Crippen LogP contribution in [-0.4, -0.2) is 14.1 Å². The van der Waals surface area contributed by atoms with Crippen LogP contribution in [0, 0.1) is 0 Å². The Balaban J connectivity index is 2.75. The lowest BCUT2D eigenvalue weighted by Crippen LogP contribution is -2.42. The van der Waals surface area contributed by atoms with E-state index < -0.39 is 5.69 Å². The lowest BCUT2D eigenvalue weighted by molar-refractivity contribution is 0.458. The molecule has 0 fully saturated rings. The summed E-state index contributed by atoms with van der Waals surface area (Å²) in [4.78, 5) is 26.5. The molecule has 0 spiro atoms. The molecule has 5 nitrogen and oxygen atoms in total. The molecule has 2 heterocycles. The molecule has 1 aliphatic heterocycles. The summed E-state index contributed by atoms with van der Waals surface area (Å²) in [5.41, 5.74) is -0.687. The number of rotatable bonds is 0. The van der Waals surface area contributed by atoms with Crippen LogP contribution in [-0.2, 0) is 20.0 Å². The van der Waals surface area contributed by atoms with Gasteiger partial charge in [-0.25, -0.2) is 14.2 Å². The van der Waals surface area contributed by atoms with Gasteiger partial charge in [0.15, 0.2) is 0 Å². The maximum atomic E-state index is 11.5. The predicted octanol–water partition coefficient (Wildman–Crippen LogP) is -0.722. The van der Waals surface area contributed by atoms with Crippen molar-refractivity contribution in [1.82, 2.24) is 14.1 Å². The van der Waals surface area contributed by atoms with Gasteiger partial charge in [-0.15, -0.1) is 0 Å². The number of fused-ring (bicyclic) bond motifs is 1. The molecule has 0 aliphatic carbocycles. The second kappa shape index (κ2) is 2.83. The Bertz CT molecular complexity index is 444. The van der Waals surface area contributed by atoms with Crippen LogP contribution in [0.1, 0.15) is 18.7 Å². The van der Waals surface area contributed by atoms with Crippen molar-refractivity contribution in [2.24, 2.45) is 7.05 Å². The summed E-state index contributed by atoms with van der Waals surface area (Å²) in [6, 6.07) is 0. The van der Waals surface area contributed by atoms with Crippen molar-refractivity contribution < 1.29 is 0 Å². The van der Waals surface area contributed by atoms with Crippen molar-refractivity contribution in [3.63, 3.8) is 0 Å². The Hall–Kier alpha value is -1.39. The van der Waals surface area contributed by atoms with Gasteiger partial charge in [0.25, 0.3) is 0 Å². The van der Waals surface area contributed by atoms with Gasteiger partial charge in [-0.3, -0.25) is 4.57 Å². The van der Waals surface area contributed by atoms with Gasteiger partial charge in [0.2, 0.25) is 0 Å². The molecule has 70 valence electrons. The van der Waals surface area contributed by atoms with Gasteiger partial charge < -0.3 is 0 Å². The first-order chi connectivity index (χ1) is 6.20. The lowest BCUT2D eigenvalue weighted by Gasteiger charge is -2.16. The van der Waals surface area contributed by atoms with E-state index in [1.54, 1.807) is 4.57 Å². The van der Waals surface area contributed by atoms with Gasteiger partial charge in [-0.2, -0.15) is 4.98 Å². The van der Waals surface area contributed by atoms with E-state index in [-0.39, 0.29) is 5.69 Å². The summed E-state index contributed by atoms with van der Waals surface area (Å²) < 4.78 is 2.64. The highest BCUT2D eigenvalue weighted by molar-refractivity contribution is 4.91. The zero-order valence-corrected chi connectivity index (χ0v) is 7.49. The standard InChI is InChI=1S/C8H11N3O2/c1-10-7(12)9-6-4-2-3-5-11(6)8(10)13/h2-5H2,1H3. The molecular weight excluding hydrogens is 170 g/mol. The molecule has 1 aliphatic rings. The van der Waals surface area contributed by atoms with Crippen LogP contribution in [0.2, 0.25) is 0 Å². The third-order valence-electron chi connectivity index (χ3n) is 2.37. The monoisotopic (exact) mass is 181 g/mol. The van der Waals surface area contributed by atoms with Crippen LogP contribution in [0.15, 0.2) is 9.59 Å². The predicted molar refractivity (Wildman–Crippen MR) is 46.7 cm³/mol. The minimum Gasteiger partial charge on any atom is -0.281 e. The molecule has 13 heavy (non-hydrogen) atoms. The molecule has 1 aromatic rings. The van der Waals surface area contributed by atoms with Crippen LogP contribution in [0.5, 0.6) is 0 Å². The summed E-state index contributed by atoms with van der Waals surface area (Å²) >= 11 is 0. The second-order valence-corrected chi connectivity index (χ2v) is 3.26. The van der Waals surface area contributed by atoms with Crippen LogP contribution in [0.25, 0.3) is 0 Å². The van der Waals surface area contributed by atoms with Gasteiger partial charge >= 0.3 is 11.4 Å². The number of nitrogens with zero attached hydrogens (tertiary/aromatic N) is 3. The molecule has 0 N–H and O–H groups in total. The Morgan fingerprint density at radius 1 is 1.31 bits per heavy atom. The third kappa shape index (κ3) is 1.20. The molecule has 0 saturated carbocycles. The van der Waals surface area contributed by atoms with Crippen molar-refractivity contribution >= 4 is 0 Å². The Kier molecular flexibility index (Phi) is 1.79. The summed E-state index contributed by atoms with van der Waals surface area (Å²) in [6.45, 7) is 0.690. The maximum Gasteiger partial charge on any atom is 0.353 e. The van der Waals surface area contributed by atoms with Gasteiger partial charge in [-0.05, 0) is 12.8 Å². The molecule has 5 heteroatoms. The van der Waals surface area contributed by atoms with E-state index in [0.717, 1.165) is 23.8 Å². The van der Waals surface area contributed by atoms with Crippen molar-refractivity contribution in [2.45, 2.75) is 25.8 Å². The maximum absolute atomic E-state index is 11.5. The first kappa shape index (κ1) is 8.22. The van der Waals surface area contributed by atoms with E-state index in [1.807, 2.05) is 0 Å². The minimum absolute atomic E-state index is 0.241. The number of hydrogen-bond donors (Lipinski definition) is 0. The summed E-state index contributed by atoms with van der Waals surface area (Å²) in [7, 11) is 1.46. The lowest BCUT2D eigenvalue weighted by atomic mass is 10.2. The first-order valence-electron chi connectivity index (χ1n) is 4.37. The van der Waals surface area contributed by atoms with Gasteiger partial charge in [0.05, 0.1) is 0 Å². The van der Waals surface area contributed by atoms with E-state index in [9.17, 15) is 9.59 Å². The highest BCUT2D eigenvalue weighted by Gasteiger charge is 2.13. The third-order valence-corrected chi connectivity index (χ3v) is 2.37. The second-order valence-electron chi connectivity index (χ2n) is 3.26. The molecule has 0 saturated heterocycles. The van der Waals surface area contributed by atoms with Crippen molar-refractivity contribution in [1.29, 1.82) is 0 Å². The van der Waals surface area contributed by atoms with E-state index in [1.165, 1.54) is 7.05 Å². The fourth-order valence-corrected chi connectivity index (χ4v) is 1.59. The molecule has 0 aromatic carbocycles. The van der Waals surface area contributed by atoms with Crippen LogP contribution >= 0.6 is 0 Å². The number of aromatic nitrogens is 3. The molecule has 0 radical (unpaired) electrons. The quantitative estimate of drug-likeness (QED) is 0.530. The van der Waals surface area contributed by atoms with E-state index in [2.05, 4.69) is 4.98 Å². The minimum atomic E-state index is -0.446. The van der Waals surface area contributed by atoms with Crippen molar-refractivity contribution in [3.05, 3.63) is 26.8 Å². The van der Waals surface area contributed by atoms with Gasteiger partial charge in [-0.1, -0.05) is 0 Å². The number of hydrogen-bond acceptors (Lipinski definition) is 3.